The van der Waals surface area contributed by atoms with Crippen molar-refractivity contribution in [3.05, 3.63) is 65.2 Å². The van der Waals surface area contributed by atoms with Crippen molar-refractivity contribution in [3.8, 4) is 0 Å². The molecule has 3 heteroatoms. The molecule has 2 rings (SSSR count). The summed E-state index contributed by atoms with van der Waals surface area (Å²) >= 11 is 1.77. The molecule has 0 aliphatic heterocycles. The van der Waals surface area contributed by atoms with E-state index >= 15 is 0 Å². The number of hydrogen-bond acceptors (Lipinski definition) is 2. The van der Waals surface area contributed by atoms with E-state index in [0.717, 1.165) is 17.0 Å². The third kappa shape index (κ3) is 3.61. The highest BCUT2D eigenvalue weighted by molar-refractivity contribution is 7.97. The van der Waals surface area contributed by atoms with Crippen LogP contribution in [0.5, 0.6) is 0 Å². The van der Waals surface area contributed by atoms with Crippen LogP contribution in [0.15, 0.2) is 48.5 Å². The highest BCUT2D eigenvalue weighted by Crippen LogP contribution is 2.16. The van der Waals surface area contributed by atoms with Crippen LogP contribution >= 0.6 is 11.8 Å². The lowest BCUT2D eigenvalue weighted by molar-refractivity contribution is 0.102. The number of anilines is 1. The normalized spacial score (nSPS) is 10.2. The summed E-state index contributed by atoms with van der Waals surface area (Å²) in [6.45, 7) is 1.98. The summed E-state index contributed by atoms with van der Waals surface area (Å²) in [5.74, 6) is 0.907. The Morgan fingerprint density at radius 3 is 2.42 bits per heavy atom. The number of carbonyl (C=O) groups excluding carboxylic acids is 1. The molecule has 0 bridgehead atoms. The number of hydrogen-bond donors (Lipinski definition) is 1. The molecule has 0 saturated heterocycles. The second-order valence-corrected chi connectivity index (χ2v) is 5.27. The fourth-order valence-corrected chi connectivity index (χ4v) is 2.35. The molecule has 1 N–H and O–H groups in total. The highest BCUT2D eigenvalue weighted by Gasteiger charge is 2.07. The fourth-order valence-electron chi connectivity index (χ4n) is 1.83. The minimum Gasteiger partial charge on any atom is -0.322 e. The summed E-state index contributed by atoms with van der Waals surface area (Å²) in [7, 11) is 0. The van der Waals surface area contributed by atoms with Crippen molar-refractivity contribution in [1.82, 2.24) is 0 Å². The molecule has 0 spiro atoms. The average molecular weight is 271 g/mol. The number of aryl methyl sites for hydroxylation is 1. The largest absolute Gasteiger partial charge is 0.322 e. The number of carbonyl (C=O) groups is 1. The van der Waals surface area contributed by atoms with E-state index in [1.54, 1.807) is 11.8 Å². The molecule has 0 fully saturated rings. The van der Waals surface area contributed by atoms with Crippen LogP contribution in [0.2, 0.25) is 0 Å². The van der Waals surface area contributed by atoms with Crippen molar-refractivity contribution < 1.29 is 4.79 Å². The summed E-state index contributed by atoms with van der Waals surface area (Å²) in [4.78, 5) is 12.1. The van der Waals surface area contributed by atoms with E-state index in [4.69, 9.17) is 0 Å². The van der Waals surface area contributed by atoms with Gasteiger partial charge in [0, 0.05) is 17.0 Å². The second kappa shape index (κ2) is 6.43. The van der Waals surface area contributed by atoms with Crippen LogP contribution in [-0.2, 0) is 5.75 Å². The smallest absolute Gasteiger partial charge is 0.255 e. The summed E-state index contributed by atoms with van der Waals surface area (Å²) in [6, 6.07) is 15.5. The van der Waals surface area contributed by atoms with Gasteiger partial charge in [-0.25, -0.2) is 0 Å². The van der Waals surface area contributed by atoms with Gasteiger partial charge in [-0.05, 0) is 42.5 Å². The van der Waals surface area contributed by atoms with Crippen LogP contribution in [0.4, 0.5) is 5.69 Å². The molecule has 2 aromatic rings. The van der Waals surface area contributed by atoms with Gasteiger partial charge in [0.05, 0.1) is 0 Å². The van der Waals surface area contributed by atoms with E-state index in [1.807, 2.05) is 55.5 Å². The quantitative estimate of drug-likeness (QED) is 0.906. The maximum atomic E-state index is 12.1. The van der Waals surface area contributed by atoms with E-state index < -0.39 is 0 Å². The maximum Gasteiger partial charge on any atom is 0.255 e. The second-order valence-electron chi connectivity index (χ2n) is 4.40. The molecule has 0 unspecified atom stereocenters. The van der Waals surface area contributed by atoms with Gasteiger partial charge in [-0.3, -0.25) is 4.79 Å². The van der Waals surface area contributed by atoms with E-state index in [1.165, 1.54) is 5.56 Å². The molecule has 98 valence electrons. The summed E-state index contributed by atoms with van der Waals surface area (Å²) in [5.41, 5.74) is 3.85. The lowest BCUT2D eigenvalue weighted by Crippen LogP contribution is -2.12. The Hall–Kier alpha value is -1.74. The van der Waals surface area contributed by atoms with Crippen LogP contribution < -0.4 is 5.32 Å². The molecular weight excluding hydrogens is 254 g/mol. The molecule has 1 amide bonds. The zero-order chi connectivity index (χ0) is 13.7. The third-order valence-corrected chi connectivity index (χ3v) is 3.54. The third-order valence-electron chi connectivity index (χ3n) is 2.92. The van der Waals surface area contributed by atoms with Gasteiger partial charge in [-0.1, -0.05) is 30.3 Å². The van der Waals surface area contributed by atoms with Crippen molar-refractivity contribution in [1.29, 1.82) is 0 Å². The Balaban J connectivity index is 2.10. The first-order valence-corrected chi connectivity index (χ1v) is 7.55. The lowest BCUT2D eigenvalue weighted by Gasteiger charge is -2.08. The molecule has 2 nitrogen and oxygen atoms in total. The van der Waals surface area contributed by atoms with E-state index in [-0.39, 0.29) is 5.91 Å². The van der Waals surface area contributed by atoms with Crippen LogP contribution in [0, 0.1) is 6.92 Å². The van der Waals surface area contributed by atoms with Gasteiger partial charge in [0.25, 0.3) is 5.91 Å². The first-order chi connectivity index (χ1) is 9.20. The highest BCUT2D eigenvalue weighted by atomic mass is 32.2. The van der Waals surface area contributed by atoms with Crippen LogP contribution in [-0.4, -0.2) is 12.2 Å². The van der Waals surface area contributed by atoms with Crippen molar-refractivity contribution in [2.75, 3.05) is 11.6 Å². The molecule has 0 aliphatic rings. The predicted octanol–water partition coefficient (Wildman–Crippen LogP) is 4.11. The number of rotatable bonds is 4. The van der Waals surface area contributed by atoms with E-state index in [2.05, 4.69) is 11.6 Å². The minimum atomic E-state index is -0.0648. The van der Waals surface area contributed by atoms with Crippen molar-refractivity contribution in [2.45, 2.75) is 12.7 Å². The van der Waals surface area contributed by atoms with E-state index in [0.29, 0.717) is 5.56 Å². The van der Waals surface area contributed by atoms with Gasteiger partial charge in [-0.15, -0.1) is 0 Å². The molecule has 0 aliphatic carbocycles. The fraction of sp³-hybridized carbons (Fsp3) is 0.188. The minimum absolute atomic E-state index is 0.0648. The summed E-state index contributed by atoms with van der Waals surface area (Å²) < 4.78 is 0. The van der Waals surface area contributed by atoms with Crippen molar-refractivity contribution >= 4 is 23.4 Å². The van der Waals surface area contributed by atoms with E-state index in [9.17, 15) is 4.79 Å². The van der Waals surface area contributed by atoms with Crippen LogP contribution in [0.25, 0.3) is 0 Å². The molecule has 0 saturated carbocycles. The van der Waals surface area contributed by atoms with Gasteiger partial charge in [0.1, 0.15) is 0 Å². The van der Waals surface area contributed by atoms with Gasteiger partial charge in [-0.2, -0.15) is 11.8 Å². The van der Waals surface area contributed by atoms with Crippen molar-refractivity contribution in [2.24, 2.45) is 0 Å². The number of amides is 1. The van der Waals surface area contributed by atoms with Gasteiger partial charge in [0.15, 0.2) is 0 Å². The number of para-hydroxylation sites is 1. The Morgan fingerprint density at radius 2 is 1.79 bits per heavy atom. The SMILES string of the molecule is CSCc1ccc(C(=O)Nc2ccccc2C)cc1. The number of nitrogens with one attached hydrogen (secondary N) is 1. The van der Waals surface area contributed by atoms with Crippen molar-refractivity contribution in [3.63, 3.8) is 0 Å². The van der Waals surface area contributed by atoms with Gasteiger partial charge >= 0.3 is 0 Å². The Bertz CT molecular complexity index is 563. The monoisotopic (exact) mass is 271 g/mol. The van der Waals surface area contributed by atoms with Crippen LogP contribution in [0.3, 0.4) is 0 Å². The Labute approximate surface area is 118 Å². The Kier molecular flexibility index (Phi) is 4.63. The molecule has 19 heavy (non-hydrogen) atoms. The molecule has 0 radical (unpaired) electrons. The lowest BCUT2D eigenvalue weighted by atomic mass is 10.1. The topological polar surface area (TPSA) is 29.1 Å². The van der Waals surface area contributed by atoms with Crippen LogP contribution in [0.1, 0.15) is 21.5 Å². The summed E-state index contributed by atoms with van der Waals surface area (Å²) in [6.07, 6.45) is 2.07. The standard InChI is InChI=1S/C16H17NOS/c1-12-5-3-4-6-15(12)17-16(18)14-9-7-13(8-10-14)11-19-2/h3-10H,11H2,1-2H3,(H,17,18). The molecule has 0 atom stereocenters. The first kappa shape index (κ1) is 13.7. The Morgan fingerprint density at radius 1 is 1.11 bits per heavy atom. The number of thioether (sulfide) groups is 1. The predicted molar refractivity (Wildman–Crippen MR) is 82.8 cm³/mol. The zero-order valence-electron chi connectivity index (χ0n) is 11.1. The number of benzene rings is 2. The molecule has 2 aromatic carbocycles. The average Bonchev–Trinajstić information content (AvgIpc) is 2.42. The zero-order valence-corrected chi connectivity index (χ0v) is 12.0. The first-order valence-electron chi connectivity index (χ1n) is 6.15. The van der Waals surface area contributed by atoms with Gasteiger partial charge < -0.3 is 5.32 Å². The molecule has 0 aromatic heterocycles. The van der Waals surface area contributed by atoms with Gasteiger partial charge in [0.2, 0.25) is 0 Å². The molecular formula is C16H17NOS. The maximum absolute atomic E-state index is 12.1. The summed E-state index contributed by atoms with van der Waals surface area (Å²) in [5, 5.41) is 2.93. The molecule has 0 heterocycles.